The molecular formula is C9H10INOS2. The van der Waals surface area contributed by atoms with Crippen molar-refractivity contribution in [1.29, 1.82) is 0 Å². The van der Waals surface area contributed by atoms with Crippen molar-refractivity contribution >= 4 is 56.6 Å². The Morgan fingerprint density at radius 3 is 2.93 bits per heavy atom. The fourth-order valence-corrected chi connectivity index (χ4v) is 4.78. The number of carbonyl (C=O) groups excluding carboxylic acids is 1. The highest BCUT2D eigenvalue weighted by atomic mass is 127. The summed E-state index contributed by atoms with van der Waals surface area (Å²) in [6.07, 6.45) is 0.651. The van der Waals surface area contributed by atoms with Gasteiger partial charge in [-0.15, -0.1) is 23.1 Å². The van der Waals surface area contributed by atoms with Crippen molar-refractivity contribution in [3.63, 3.8) is 0 Å². The lowest BCUT2D eigenvalue weighted by Gasteiger charge is -2.12. The van der Waals surface area contributed by atoms with E-state index in [9.17, 15) is 4.79 Å². The Balaban J connectivity index is 2.53. The highest BCUT2D eigenvalue weighted by molar-refractivity contribution is 14.1. The van der Waals surface area contributed by atoms with Crippen molar-refractivity contribution < 1.29 is 4.79 Å². The van der Waals surface area contributed by atoms with E-state index >= 15 is 0 Å². The van der Waals surface area contributed by atoms with Gasteiger partial charge in [0.2, 0.25) is 5.91 Å². The average molecular weight is 339 g/mol. The van der Waals surface area contributed by atoms with E-state index in [1.54, 1.807) is 16.2 Å². The Morgan fingerprint density at radius 2 is 2.21 bits per heavy atom. The SMILES string of the molecule is Cc1c(I)sc2c1SCCC(=O)N2C. The first-order valence-corrected chi connectivity index (χ1v) is 7.17. The number of anilines is 1. The minimum atomic E-state index is 0.230. The molecule has 1 amide bonds. The predicted molar refractivity (Wildman–Crippen MR) is 70.5 cm³/mol. The number of hydrogen-bond acceptors (Lipinski definition) is 3. The van der Waals surface area contributed by atoms with Crippen LogP contribution in [0.3, 0.4) is 0 Å². The fraction of sp³-hybridized carbons (Fsp3) is 0.444. The van der Waals surface area contributed by atoms with Crippen LogP contribution in [-0.2, 0) is 4.79 Å². The maximum absolute atomic E-state index is 11.6. The molecule has 0 bridgehead atoms. The van der Waals surface area contributed by atoms with Gasteiger partial charge < -0.3 is 4.90 Å². The number of amides is 1. The van der Waals surface area contributed by atoms with Crippen LogP contribution >= 0.6 is 45.7 Å². The van der Waals surface area contributed by atoms with Crippen LogP contribution in [0, 0.1) is 9.81 Å². The van der Waals surface area contributed by atoms with Gasteiger partial charge in [-0.1, -0.05) is 0 Å². The van der Waals surface area contributed by atoms with Crippen LogP contribution in [0.5, 0.6) is 0 Å². The predicted octanol–water partition coefficient (Wildman–Crippen LogP) is 3.12. The van der Waals surface area contributed by atoms with Crippen LogP contribution in [0.4, 0.5) is 5.00 Å². The Hall–Kier alpha value is 0.250. The van der Waals surface area contributed by atoms with Gasteiger partial charge in [0, 0.05) is 24.1 Å². The molecule has 2 nitrogen and oxygen atoms in total. The van der Waals surface area contributed by atoms with Crippen LogP contribution < -0.4 is 4.90 Å². The molecule has 0 saturated heterocycles. The molecule has 1 aromatic rings. The van der Waals surface area contributed by atoms with E-state index in [0.29, 0.717) is 6.42 Å². The zero-order chi connectivity index (χ0) is 10.3. The van der Waals surface area contributed by atoms with Gasteiger partial charge in [0.1, 0.15) is 5.00 Å². The number of thiophene rings is 1. The van der Waals surface area contributed by atoms with Crippen LogP contribution in [-0.4, -0.2) is 18.7 Å². The molecule has 5 heteroatoms. The molecule has 14 heavy (non-hydrogen) atoms. The third kappa shape index (κ3) is 1.69. The quantitative estimate of drug-likeness (QED) is 0.677. The Morgan fingerprint density at radius 1 is 1.50 bits per heavy atom. The molecule has 2 heterocycles. The summed E-state index contributed by atoms with van der Waals surface area (Å²) >= 11 is 5.86. The highest BCUT2D eigenvalue weighted by Crippen LogP contribution is 2.44. The highest BCUT2D eigenvalue weighted by Gasteiger charge is 2.24. The molecule has 1 aliphatic rings. The Labute approximate surface area is 105 Å². The minimum absolute atomic E-state index is 0.230. The van der Waals surface area contributed by atoms with Gasteiger partial charge >= 0.3 is 0 Å². The third-order valence-electron chi connectivity index (χ3n) is 2.26. The van der Waals surface area contributed by atoms with Gasteiger partial charge in [0.25, 0.3) is 0 Å². The lowest BCUT2D eigenvalue weighted by molar-refractivity contribution is -0.117. The molecule has 0 unspecified atom stereocenters. The summed E-state index contributed by atoms with van der Waals surface area (Å²) < 4.78 is 1.29. The second kappa shape index (κ2) is 4.02. The lowest BCUT2D eigenvalue weighted by Crippen LogP contribution is -2.24. The van der Waals surface area contributed by atoms with Crippen LogP contribution in [0.25, 0.3) is 0 Å². The summed E-state index contributed by atoms with van der Waals surface area (Å²) in [5.41, 5.74) is 1.33. The molecule has 1 aliphatic heterocycles. The zero-order valence-electron chi connectivity index (χ0n) is 7.96. The van der Waals surface area contributed by atoms with Crippen molar-refractivity contribution in [3.05, 3.63) is 8.45 Å². The van der Waals surface area contributed by atoms with Crippen molar-refractivity contribution in [1.82, 2.24) is 0 Å². The van der Waals surface area contributed by atoms with Crippen LogP contribution in [0.2, 0.25) is 0 Å². The first-order valence-electron chi connectivity index (χ1n) is 4.29. The third-order valence-corrected chi connectivity index (χ3v) is 6.21. The van der Waals surface area contributed by atoms with Crippen molar-refractivity contribution in [2.75, 3.05) is 17.7 Å². The number of carbonyl (C=O) groups is 1. The van der Waals surface area contributed by atoms with Gasteiger partial charge in [0.15, 0.2) is 0 Å². The van der Waals surface area contributed by atoms with E-state index in [0.717, 1.165) is 10.8 Å². The molecule has 0 atom stereocenters. The molecule has 0 saturated carbocycles. The standard InChI is InChI=1S/C9H10INOS2/c1-5-7-9(14-8(5)10)11(2)6(12)3-4-13-7/h3-4H2,1-2H3. The summed E-state index contributed by atoms with van der Waals surface area (Å²) in [5.74, 6) is 1.14. The average Bonchev–Trinajstić information content (AvgIpc) is 2.35. The lowest BCUT2D eigenvalue weighted by atomic mass is 10.3. The maximum atomic E-state index is 11.6. The van der Waals surface area contributed by atoms with Gasteiger partial charge in [0.05, 0.1) is 2.88 Å². The van der Waals surface area contributed by atoms with Gasteiger partial charge in [-0.3, -0.25) is 4.79 Å². The topological polar surface area (TPSA) is 20.3 Å². The molecule has 0 fully saturated rings. The monoisotopic (exact) mass is 339 g/mol. The first kappa shape index (κ1) is 10.8. The van der Waals surface area contributed by atoms with Crippen LogP contribution in [0.1, 0.15) is 12.0 Å². The van der Waals surface area contributed by atoms with E-state index in [-0.39, 0.29) is 5.91 Å². The van der Waals surface area contributed by atoms with Crippen LogP contribution in [0.15, 0.2) is 4.90 Å². The van der Waals surface area contributed by atoms with Crippen molar-refractivity contribution in [2.24, 2.45) is 0 Å². The largest absolute Gasteiger partial charge is 0.306 e. The summed E-state index contributed by atoms with van der Waals surface area (Å²) in [5, 5.41) is 1.12. The summed E-state index contributed by atoms with van der Waals surface area (Å²) in [4.78, 5) is 14.7. The van der Waals surface area contributed by atoms with E-state index in [1.807, 2.05) is 18.8 Å². The number of nitrogens with zero attached hydrogens (tertiary/aromatic N) is 1. The Kier molecular flexibility index (Phi) is 3.09. The maximum Gasteiger partial charge on any atom is 0.228 e. The number of halogens is 1. The smallest absolute Gasteiger partial charge is 0.228 e. The molecule has 2 rings (SSSR count). The number of fused-ring (bicyclic) bond motifs is 1. The molecule has 0 aromatic carbocycles. The molecule has 0 radical (unpaired) electrons. The summed E-state index contributed by atoms with van der Waals surface area (Å²) in [7, 11) is 1.87. The van der Waals surface area contributed by atoms with Crippen molar-refractivity contribution in [2.45, 2.75) is 18.2 Å². The summed E-state index contributed by atoms with van der Waals surface area (Å²) in [6.45, 7) is 2.13. The van der Waals surface area contributed by atoms with Crippen molar-refractivity contribution in [3.8, 4) is 0 Å². The molecular weight excluding hydrogens is 329 g/mol. The molecule has 0 aliphatic carbocycles. The van der Waals surface area contributed by atoms with Gasteiger partial charge in [-0.25, -0.2) is 0 Å². The second-order valence-corrected chi connectivity index (χ2v) is 7.10. The van der Waals surface area contributed by atoms with E-state index < -0.39 is 0 Å². The molecule has 1 aromatic heterocycles. The normalized spacial score (nSPS) is 16.8. The first-order chi connectivity index (χ1) is 6.61. The van der Waals surface area contributed by atoms with E-state index in [4.69, 9.17) is 0 Å². The molecule has 0 spiro atoms. The fourth-order valence-electron chi connectivity index (χ4n) is 1.37. The molecule has 76 valence electrons. The zero-order valence-corrected chi connectivity index (χ0v) is 11.8. The number of thioether (sulfide) groups is 1. The van der Waals surface area contributed by atoms with E-state index in [2.05, 4.69) is 29.5 Å². The van der Waals surface area contributed by atoms with E-state index in [1.165, 1.54) is 13.3 Å². The summed E-state index contributed by atoms with van der Waals surface area (Å²) in [6, 6.07) is 0. The number of hydrogen-bond donors (Lipinski definition) is 0. The molecule has 0 N–H and O–H groups in total. The van der Waals surface area contributed by atoms with Gasteiger partial charge in [-0.2, -0.15) is 0 Å². The Bertz CT molecular complexity index is 388. The van der Waals surface area contributed by atoms with Gasteiger partial charge in [-0.05, 0) is 35.1 Å². The second-order valence-electron chi connectivity index (χ2n) is 3.19. The number of rotatable bonds is 0. The minimum Gasteiger partial charge on any atom is -0.306 e.